The largest absolute Gasteiger partial charge is 0.490 e. The molecule has 2 aromatic rings. The van der Waals surface area contributed by atoms with Crippen molar-refractivity contribution >= 4 is 0 Å². The molecular formula is C29H34F6O. The van der Waals surface area contributed by atoms with Gasteiger partial charge in [0.25, 0.3) is 0 Å². The first kappa shape index (κ1) is 28.1. The lowest BCUT2D eigenvalue weighted by Gasteiger charge is -2.29. The molecular weight excluding hydrogens is 478 g/mol. The fraction of sp³-hybridized carbons (Fsp3) is 0.517. The van der Waals surface area contributed by atoms with Gasteiger partial charge in [-0.05, 0) is 74.5 Å². The van der Waals surface area contributed by atoms with Gasteiger partial charge in [0.1, 0.15) is 12.5 Å². The van der Waals surface area contributed by atoms with E-state index in [1.807, 2.05) is 6.92 Å². The fourth-order valence-electron chi connectivity index (χ4n) is 4.96. The van der Waals surface area contributed by atoms with E-state index in [1.54, 1.807) is 0 Å². The number of halogens is 6. The Hall–Kier alpha value is -2.44. The van der Waals surface area contributed by atoms with Gasteiger partial charge in [-0.2, -0.15) is 4.39 Å². The SMILES string of the molecule is CCCCCOc1ccc(-c2ccc(C3CCC(CCC/C=C(\F)CF)CC3)c(F)c2F)c(F)c1F. The molecule has 1 nitrogen and oxygen atoms in total. The molecule has 36 heavy (non-hydrogen) atoms. The molecule has 0 saturated heterocycles. The zero-order valence-corrected chi connectivity index (χ0v) is 20.7. The maximum absolute atomic E-state index is 15.0. The fourth-order valence-corrected chi connectivity index (χ4v) is 4.96. The monoisotopic (exact) mass is 512 g/mol. The summed E-state index contributed by atoms with van der Waals surface area (Å²) < 4.78 is 89.6. The third-order valence-electron chi connectivity index (χ3n) is 7.05. The summed E-state index contributed by atoms with van der Waals surface area (Å²) in [6.45, 7) is 1.19. The third kappa shape index (κ3) is 7.07. The van der Waals surface area contributed by atoms with Gasteiger partial charge in [-0.3, -0.25) is 0 Å². The Morgan fingerprint density at radius 2 is 1.53 bits per heavy atom. The van der Waals surface area contributed by atoms with Crippen LogP contribution in [-0.2, 0) is 0 Å². The summed E-state index contributed by atoms with van der Waals surface area (Å²) in [6.07, 6.45) is 9.00. The minimum Gasteiger partial charge on any atom is -0.490 e. The van der Waals surface area contributed by atoms with Gasteiger partial charge in [-0.25, -0.2) is 22.0 Å². The van der Waals surface area contributed by atoms with Gasteiger partial charge in [0.05, 0.1) is 6.61 Å². The highest BCUT2D eigenvalue weighted by Crippen LogP contribution is 2.41. The lowest BCUT2D eigenvalue weighted by atomic mass is 9.76. The number of allylic oxidation sites excluding steroid dienone is 2. The topological polar surface area (TPSA) is 9.23 Å². The molecule has 0 heterocycles. The van der Waals surface area contributed by atoms with Gasteiger partial charge in [0, 0.05) is 11.1 Å². The van der Waals surface area contributed by atoms with Gasteiger partial charge in [0.15, 0.2) is 23.2 Å². The first-order valence-electron chi connectivity index (χ1n) is 12.9. The zero-order valence-electron chi connectivity index (χ0n) is 20.7. The Balaban J connectivity index is 1.65. The summed E-state index contributed by atoms with van der Waals surface area (Å²) in [4.78, 5) is 0. The van der Waals surface area contributed by atoms with E-state index in [9.17, 15) is 17.6 Å². The van der Waals surface area contributed by atoms with Gasteiger partial charge < -0.3 is 4.74 Å². The van der Waals surface area contributed by atoms with Crippen molar-refractivity contribution in [1.82, 2.24) is 0 Å². The van der Waals surface area contributed by atoms with Crippen LogP contribution in [-0.4, -0.2) is 13.3 Å². The smallest absolute Gasteiger partial charge is 0.201 e. The highest BCUT2D eigenvalue weighted by atomic mass is 19.2. The second-order valence-corrected chi connectivity index (χ2v) is 9.56. The quantitative estimate of drug-likeness (QED) is 0.203. The van der Waals surface area contributed by atoms with E-state index in [0.717, 1.165) is 38.5 Å². The van der Waals surface area contributed by atoms with Crippen LogP contribution in [0.25, 0.3) is 11.1 Å². The normalized spacial score (nSPS) is 18.5. The van der Waals surface area contributed by atoms with Crippen molar-refractivity contribution in [3.63, 3.8) is 0 Å². The van der Waals surface area contributed by atoms with Crippen molar-refractivity contribution in [3.8, 4) is 16.9 Å². The lowest BCUT2D eigenvalue weighted by molar-refractivity contribution is 0.286. The molecule has 0 spiro atoms. The molecule has 1 aliphatic carbocycles. The Bertz CT molecular complexity index is 1030. The Kier molecular flexibility index (Phi) is 10.7. The van der Waals surface area contributed by atoms with E-state index in [-0.39, 0.29) is 35.0 Å². The van der Waals surface area contributed by atoms with Crippen molar-refractivity contribution in [1.29, 1.82) is 0 Å². The molecule has 0 N–H and O–H groups in total. The third-order valence-corrected chi connectivity index (χ3v) is 7.05. The average molecular weight is 513 g/mol. The molecule has 7 heteroatoms. The molecule has 0 bridgehead atoms. The van der Waals surface area contributed by atoms with Crippen LogP contribution in [0, 0.1) is 29.2 Å². The van der Waals surface area contributed by atoms with E-state index in [1.165, 1.54) is 30.3 Å². The summed E-state index contributed by atoms with van der Waals surface area (Å²) in [5.74, 6) is -5.43. The molecule has 2 aromatic carbocycles. The number of rotatable bonds is 12. The van der Waals surface area contributed by atoms with Crippen molar-refractivity contribution < 1.29 is 31.1 Å². The Morgan fingerprint density at radius 1 is 0.861 bits per heavy atom. The summed E-state index contributed by atoms with van der Waals surface area (Å²) in [5, 5.41) is 0. The molecule has 0 atom stereocenters. The van der Waals surface area contributed by atoms with Crippen LogP contribution in [0.15, 0.2) is 36.2 Å². The first-order valence-corrected chi connectivity index (χ1v) is 12.9. The van der Waals surface area contributed by atoms with Crippen molar-refractivity contribution in [2.75, 3.05) is 13.3 Å². The van der Waals surface area contributed by atoms with E-state index in [2.05, 4.69) is 0 Å². The van der Waals surface area contributed by atoms with E-state index >= 15 is 8.78 Å². The van der Waals surface area contributed by atoms with Crippen LogP contribution in [0.5, 0.6) is 5.75 Å². The number of hydrogen-bond acceptors (Lipinski definition) is 1. The number of unbranched alkanes of at least 4 members (excludes halogenated alkanes) is 3. The average Bonchev–Trinajstić information content (AvgIpc) is 2.89. The van der Waals surface area contributed by atoms with E-state index < -0.39 is 35.8 Å². The van der Waals surface area contributed by atoms with Crippen LogP contribution in [0.2, 0.25) is 0 Å². The Labute approximate surface area is 209 Å². The highest BCUT2D eigenvalue weighted by molar-refractivity contribution is 5.66. The van der Waals surface area contributed by atoms with Gasteiger partial charge >= 0.3 is 0 Å². The van der Waals surface area contributed by atoms with Crippen LogP contribution < -0.4 is 4.74 Å². The Morgan fingerprint density at radius 3 is 2.19 bits per heavy atom. The first-order chi connectivity index (χ1) is 17.4. The maximum Gasteiger partial charge on any atom is 0.201 e. The number of benzene rings is 2. The molecule has 1 aliphatic rings. The predicted octanol–water partition coefficient (Wildman–Crippen LogP) is 9.75. The highest BCUT2D eigenvalue weighted by Gasteiger charge is 2.27. The summed E-state index contributed by atoms with van der Waals surface area (Å²) in [5.41, 5.74) is -0.426. The number of hydrogen-bond donors (Lipinski definition) is 0. The molecule has 0 aromatic heterocycles. The molecule has 1 fully saturated rings. The van der Waals surface area contributed by atoms with E-state index in [4.69, 9.17) is 4.74 Å². The molecule has 1 saturated carbocycles. The maximum atomic E-state index is 15.0. The van der Waals surface area contributed by atoms with Gasteiger partial charge in [-0.15, -0.1) is 0 Å². The van der Waals surface area contributed by atoms with Crippen molar-refractivity contribution in [3.05, 3.63) is 65.0 Å². The molecule has 0 amide bonds. The second kappa shape index (κ2) is 13.8. The summed E-state index contributed by atoms with van der Waals surface area (Å²) in [6, 6.07) is 5.24. The van der Waals surface area contributed by atoms with Crippen molar-refractivity contribution in [2.45, 2.75) is 77.0 Å². The van der Waals surface area contributed by atoms with E-state index in [0.29, 0.717) is 31.6 Å². The molecule has 0 aliphatic heterocycles. The van der Waals surface area contributed by atoms with Crippen molar-refractivity contribution in [2.24, 2.45) is 5.92 Å². The van der Waals surface area contributed by atoms with Gasteiger partial charge in [0.2, 0.25) is 5.82 Å². The number of alkyl halides is 1. The predicted molar refractivity (Wildman–Crippen MR) is 130 cm³/mol. The molecule has 0 unspecified atom stereocenters. The lowest BCUT2D eigenvalue weighted by Crippen LogP contribution is -2.15. The molecule has 3 rings (SSSR count). The van der Waals surface area contributed by atoms with Crippen LogP contribution in [0.3, 0.4) is 0 Å². The molecule has 198 valence electrons. The minimum atomic E-state index is -1.27. The zero-order chi connectivity index (χ0) is 26.1. The minimum absolute atomic E-state index is 0.158. The van der Waals surface area contributed by atoms with Crippen LogP contribution in [0.1, 0.15) is 82.6 Å². The standard InChI is InChI=1S/C29H34F6O/c1-2-3-6-17-36-25-16-15-24(28(34)29(25)35)23-14-13-22(26(32)27(23)33)20-11-9-19(10-12-20)7-4-5-8-21(31)18-30/h8,13-16,19-20H,2-7,9-12,17-18H2,1H3/b21-8-. The van der Waals surface area contributed by atoms with Crippen LogP contribution >= 0.6 is 0 Å². The summed E-state index contributed by atoms with van der Waals surface area (Å²) >= 11 is 0. The second-order valence-electron chi connectivity index (χ2n) is 9.56. The number of ether oxygens (including phenoxy) is 1. The molecule has 0 radical (unpaired) electrons. The van der Waals surface area contributed by atoms with Crippen LogP contribution in [0.4, 0.5) is 26.3 Å². The summed E-state index contributed by atoms with van der Waals surface area (Å²) in [7, 11) is 0. The van der Waals surface area contributed by atoms with Gasteiger partial charge in [-0.1, -0.05) is 44.4 Å².